The predicted octanol–water partition coefficient (Wildman–Crippen LogP) is 1.38. The highest BCUT2D eigenvalue weighted by atomic mass is 35.5. The zero-order chi connectivity index (χ0) is 24.3. The molecule has 2 heterocycles. The van der Waals surface area contributed by atoms with Crippen molar-refractivity contribution < 1.29 is 22.5 Å². The number of ketones is 1. The Bertz CT molecular complexity index is 1270. The fourth-order valence-electron chi connectivity index (χ4n) is 3.87. The molecule has 3 aromatic rings. The van der Waals surface area contributed by atoms with Crippen LogP contribution in [0.4, 0.5) is 5.82 Å². The van der Waals surface area contributed by atoms with Crippen molar-refractivity contribution in [2.75, 3.05) is 11.9 Å². The Hall–Kier alpha value is -2.90. The number of benzene rings is 1. The third kappa shape index (κ3) is 6.15. The van der Waals surface area contributed by atoms with Gasteiger partial charge in [0.15, 0.2) is 0 Å². The average molecular weight is 507 g/mol. The lowest BCUT2D eigenvalue weighted by Gasteiger charge is -2.15. The molecule has 4 N–H and O–H groups in total. The van der Waals surface area contributed by atoms with Crippen molar-refractivity contribution in [3.05, 3.63) is 70.9 Å². The molecule has 1 saturated carbocycles. The second-order valence-electron chi connectivity index (χ2n) is 8.06. The van der Waals surface area contributed by atoms with Gasteiger partial charge in [-0.25, -0.2) is 15.1 Å². The summed E-state index contributed by atoms with van der Waals surface area (Å²) in [5, 5.41) is 23.3. The molecule has 13 heteroatoms. The van der Waals surface area contributed by atoms with Crippen molar-refractivity contribution in [1.82, 2.24) is 19.7 Å². The lowest BCUT2D eigenvalue weighted by molar-refractivity contribution is 0.101. The van der Waals surface area contributed by atoms with E-state index >= 15 is 0 Å². The molecule has 1 fully saturated rings. The number of aliphatic hydroxyl groups is 1. The van der Waals surface area contributed by atoms with E-state index in [0.717, 1.165) is 5.56 Å². The number of rotatable bonds is 9. The highest BCUT2D eigenvalue weighted by molar-refractivity contribution is 7.84. The summed E-state index contributed by atoms with van der Waals surface area (Å²) < 4.78 is 28.3. The summed E-state index contributed by atoms with van der Waals surface area (Å²) in [6.07, 6.45) is 4.37. The lowest BCUT2D eigenvalue weighted by Crippen LogP contribution is -2.24. The summed E-state index contributed by atoms with van der Waals surface area (Å²) >= 11 is 5.92. The molecule has 0 spiro atoms. The molecule has 4 rings (SSSR count). The quantitative estimate of drug-likeness (QED) is 0.364. The van der Waals surface area contributed by atoms with Gasteiger partial charge in [0.2, 0.25) is 5.78 Å². The lowest BCUT2D eigenvalue weighted by atomic mass is 10.1. The Kier molecular flexibility index (Phi) is 7.24. The summed E-state index contributed by atoms with van der Waals surface area (Å²) in [5.74, 6) is -0.483. The molecule has 2 aromatic heterocycles. The molecule has 11 nitrogen and oxygen atoms in total. The summed E-state index contributed by atoms with van der Waals surface area (Å²) in [6.45, 7) is 0.252. The molecular formula is C21H23ClN6O5S. The van der Waals surface area contributed by atoms with Gasteiger partial charge in [0.1, 0.15) is 17.8 Å². The maximum absolute atomic E-state index is 13.1. The Morgan fingerprint density at radius 2 is 2.03 bits per heavy atom. The standard InChI is InChI=1S/C21H23ClN6O5S/c22-15-3-1-13(2-4-15)10-28-6-5-18(27-28)20(30)17-9-24-12-25-21(17)26-16-7-14(19(29)8-16)11-33-34(23,31)32/h1-6,9,12,14,16,19,29H,7-8,10-11H2,(H2,23,31,32)(H,24,25,26)/t14-,16-,19+/m1/s1. The van der Waals surface area contributed by atoms with E-state index in [1.54, 1.807) is 29.1 Å². The van der Waals surface area contributed by atoms with E-state index in [1.807, 2.05) is 12.1 Å². The average Bonchev–Trinajstić information content (AvgIpc) is 3.39. The Balaban J connectivity index is 1.44. The molecule has 1 aliphatic carbocycles. The predicted molar refractivity (Wildman–Crippen MR) is 123 cm³/mol. The summed E-state index contributed by atoms with van der Waals surface area (Å²) in [6, 6.07) is 8.71. The van der Waals surface area contributed by atoms with Crippen LogP contribution in [0.2, 0.25) is 5.02 Å². The molecule has 1 aromatic carbocycles. The molecule has 3 atom stereocenters. The van der Waals surface area contributed by atoms with E-state index in [4.69, 9.17) is 16.7 Å². The van der Waals surface area contributed by atoms with Gasteiger partial charge in [0.25, 0.3) is 0 Å². The fourth-order valence-corrected chi connectivity index (χ4v) is 4.36. The number of halogens is 1. The fraction of sp³-hybridized carbons (Fsp3) is 0.333. The molecule has 0 unspecified atom stereocenters. The minimum absolute atomic E-state index is 0.223. The van der Waals surface area contributed by atoms with Gasteiger partial charge in [-0.1, -0.05) is 23.7 Å². The maximum atomic E-state index is 13.1. The van der Waals surface area contributed by atoms with Crippen LogP contribution in [0, 0.1) is 5.92 Å². The van der Waals surface area contributed by atoms with Crippen LogP contribution < -0.4 is 10.5 Å². The van der Waals surface area contributed by atoms with Crippen LogP contribution in [0.15, 0.2) is 49.1 Å². The highest BCUT2D eigenvalue weighted by Crippen LogP contribution is 2.30. The van der Waals surface area contributed by atoms with Crippen molar-refractivity contribution in [2.24, 2.45) is 11.1 Å². The summed E-state index contributed by atoms with van der Waals surface area (Å²) in [4.78, 5) is 21.3. The molecule has 0 radical (unpaired) electrons. The number of aliphatic hydroxyl groups excluding tert-OH is 1. The maximum Gasteiger partial charge on any atom is 0.333 e. The monoisotopic (exact) mass is 506 g/mol. The van der Waals surface area contributed by atoms with Crippen LogP contribution in [0.3, 0.4) is 0 Å². The van der Waals surface area contributed by atoms with Gasteiger partial charge >= 0.3 is 10.3 Å². The van der Waals surface area contributed by atoms with Crippen molar-refractivity contribution in [3.63, 3.8) is 0 Å². The number of aromatic nitrogens is 4. The van der Waals surface area contributed by atoms with E-state index < -0.39 is 22.3 Å². The first-order valence-corrected chi connectivity index (χ1v) is 12.3. The van der Waals surface area contributed by atoms with E-state index in [0.29, 0.717) is 30.2 Å². The number of carbonyl (C=O) groups excluding carboxylic acids is 1. The molecule has 34 heavy (non-hydrogen) atoms. The first-order chi connectivity index (χ1) is 16.2. The Labute approximate surface area is 201 Å². The number of nitrogens with two attached hydrogens (primary N) is 1. The van der Waals surface area contributed by atoms with Crippen LogP contribution in [-0.2, 0) is 21.0 Å². The van der Waals surface area contributed by atoms with Crippen molar-refractivity contribution >= 4 is 33.5 Å². The first kappa shape index (κ1) is 24.2. The summed E-state index contributed by atoms with van der Waals surface area (Å²) in [7, 11) is -4.09. The van der Waals surface area contributed by atoms with Gasteiger partial charge in [0, 0.05) is 29.4 Å². The Morgan fingerprint density at radius 1 is 1.26 bits per heavy atom. The molecule has 0 aliphatic heterocycles. The van der Waals surface area contributed by atoms with Crippen LogP contribution >= 0.6 is 11.6 Å². The molecule has 0 saturated heterocycles. The number of carbonyl (C=O) groups is 1. The van der Waals surface area contributed by atoms with Crippen molar-refractivity contribution in [1.29, 1.82) is 0 Å². The molecule has 1 aliphatic rings. The van der Waals surface area contributed by atoms with Gasteiger partial charge < -0.3 is 10.4 Å². The molecular weight excluding hydrogens is 484 g/mol. The van der Waals surface area contributed by atoms with Gasteiger partial charge in [-0.2, -0.15) is 13.5 Å². The number of hydrogen-bond donors (Lipinski definition) is 3. The Morgan fingerprint density at radius 3 is 2.76 bits per heavy atom. The van der Waals surface area contributed by atoms with Gasteiger partial charge in [-0.3, -0.25) is 13.7 Å². The first-order valence-electron chi connectivity index (χ1n) is 10.4. The minimum Gasteiger partial charge on any atom is -0.393 e. The third-order valence-corrected chi connectivity index (χ3v) is 6.25. The topological polar surface area (TPSA) is 162 Å². The third-order valence-electron chi connectivity index (χ3n) is 5.53. The van der Waals surface area contributed by atoms with Crippen LogP contribution in [-0.4, -0.2) is 57.8 Å². The largest absolute Gasteiger partial charge is 0.393 e. The molecule has 0 bridgehead atoms. The van der Waals surface area contributed by atoms with E-state index in [2.05, 4.69) is 24.6 Å². The number of nitrogens with one attached hydrogen (secondary N) is 1. The smallest absolute Gasteiger partial charge is 0.333 e. The normalized spacial score (nSPS) is 20.4. The van der Waals surface area contributed by atoms with E-state index in [1.165, 1.54) is 12.5 Å². The number of nitrogens with zero attached hydrogens (tertiary/aromatic N) is 4. The molecule has 180 valence electrons. The van der Waals surface area contributed by atoms with Crippen molar-refractivity contribution in [3.8, 4) is 0 Å². The SMILES string of the molecule is NS(=O)(=O)OC[C@H]1C[C@@H](Nc2ncncc2C(=O)c2ccn(Cc3ccc(Cl)cc3)n2)C[C@@H]1O. The summed E-state index contributed by atoms with van der Waals surface area (Å²) in [5.41, 5.74) is 1.45. The highest BCUT2D eigenvalue weighted by Gasteiger charge is 2.34. The zero-order valence-corrected chi connectivity index (χ0v) is 19.5. The van der Waals surface area contributed by atoms with Gasteiger partial charge in [-0.15, -0.1) is 0 Å². The van der Waals surface area contributed by atoms with Crippen LogP contribution in [0.25, 0.3) is 0 Å². The second kappa shape index (κ2) is 10.2. The van der Waals surface area contributed by atoms with Crippen molar-refractivity contribution in [2.45, 2.75) is 31.5 Å². The second-order valence-corrected chi connectivity index (χ2v) is 9.71. The minimum atomic E-state index is -4.09. The van der Waals surface area contributed by atoms with Crippen LogP contribution in [0.1, 0.15) is 34.5 Å². The zero-order valence-electron chi connectivity index (χ0n) is 17.9. The number of anilines is 1. The molecule has 0 amide bonds. The van der Waals surface area contributed by atoms with E-state index in [9.17, 15) is 18.3 Å². The van der Waals surface area contributed by atoms with E-state index in [-0.39, 0.29) is 29.7 Å². The van der Waals surface area contributed by atoms with Gasteiger partial charge in [-0.05, 0) is 36.6 Å². The van der Waals surface area contributed by atoms with Gasteiger partial charge in [0.05, 0.1) is 24.8 Å². The van der Waals surface area contributed by atoms with Crippen LogP contribution in [0.5, 0.6) is 0 Å². The number of hydrogen-bond acceptors (Lipinski definition) is 9.